The number of guanidine groups is 1. The van der Waals surface area contributed by atoms with E-state index in [0.29, 0.717) is 6.54 Å². The SMILES string of the molecule is Cc1cc(CN=C(N)N)c2ccccc2n1. The van der Waals surface area contributed by atoms with Crippen molar-refractivity contribution in [2.24, 2.45) is 16.5 Å². The summed E-state index contributed by atoms with van der Waals surface area (Å²) < 4.78 is 0. The molecule has 4 nitrogen and oxygen atoms in total. The monoisotopic (exact) mass is 214 g/mol. The highest BCUT2D eigenvalue weighted by molar-refractivity contribution is 5.83. The van der Waals surface area contributed by atoms with Crippen LogP contribution in [0.3, 0.4) is 0 Å². The average molecular weight is 214 g/mol. The Morgan fingerprint density at radius 3 is 2.81 bits per heavy atom. The van der Waals surface area contributed by atoms with Crippen molar-refractivity contribution in [3.63, 3.8) is 0 Å². The van der Waals surface area contributed by atoms with Gasteiger partial charge in [-0.1, -0.05) is 18.2 Å². The van der Waals surface area contributed by atoms with E-state index in [1.807, 2.05) is 37.3 Å². The van der Waals surface area contributed by atoms with E-state index in [0.717, 1.165) is 22.2 Å². The van der Waals surface area contributed by atoms with Crippen LogP contribution in [0.25, 0.3) is 10.9 Å². The summed E-state index contributed by atoms with van der Waals surface area (Å²) in [6, 6.07) is 9.98. The van der Waals surface area contributed by atoms with Crippen LogP contribution in [0.1, 0.15) is 11.3 Å². The van der Waals surface area contributed by atoms with Crippen molar-refractivity contribution in [2.75, 3.05) is 0 Å². The molecule has 0 saturated carbocycles. The van der Waals surface area contributed by atoms with Gasteiger partial charge in [0.2, 0.25) is 0 Å². The van der Waals surface area contributed by atoms with Gasteiger partial charge in [0.05, 0.1) is 12.1 Å². The summed E-state index contributed by atoms with van der Waals surface area (Å²) in [5.74, 6) is 0.110. The second kappa shape index (κ2) is 4.18. The van der Waals surface area contributed by atoms with E-state index >= 15 is 0 Å². The Hall–Kier alpha value is -2.10. The van der Waals surface area contributed by atoms with E-state index in [4.69, 9.17) is 11.5 Å². The summed E-state index contributed by atoms with van der Waals surface area (Å²) in [7, 11) is 0. The molecule has 4 N–H and O–H groups in total. The number of fused-ring (bicyclic) bond motifs is 1. The van der Waals surface area contributed by atoms with Gasteiger partial charge in [-0.2, -0.15) is 0 Å². The van der Waals surface area contributed by atoms with Gasteiger partial charge in [-0.25, -0.2) is 4.99 Å². The molecule has 0 radical (unpaired) electrons. The van der Waals surface area contributed by atoms with E-state index in [-0.39, 0.29) is 5.96 Å². The van der Waals surface area contributed by atoms with Crippen LogP contribution in [-0.4, -0.2) is 10.9 Å². The highest BCUT2D eigenvalue weighted by Gasteiger charge is 2.02. The van der Waals surface area contributed by atoms with Gasteiger partial charge < -0.3 is 11.5 Å². The van der Waals surface area contributed by atoms with Crippen molar-refractivity contribution in [1.82, 2.24) is 4.98 Å². The fraction of sp³-hybridized carbons (Fsp3) is 0.167. The lowest BCUT2D eigenvalue weighted by Crippen LogP contribution is -2.22. The second-order valence-electron chi connectivity index (χ2n) is 3.68. The standard InChI is InChI=1S/C12H14N4/c1-8-6-9(7-15-12(13)14)10-4-2-3-5-11(10)16-8/h2-6H,7H2,1H3,(H4,13,14,15). The molecule has 4 heteroatoms. The zero-order chi connectivity index (χ0) is 11.5. The highest BCUT2D eigenvalue weighted by Crippen LogP contribution is 2.18. The maximum Gasteiger partial charge on any atom is 0.186 e. The Labute approximate surface area is 94.0 Å². The first kappa shape index (κ1) is 10.4. The Morgan fingerprint density at radius 1 is 1.31 bits per heavy atom. The quantitative estimate of drug-likeness (QED) is 0.584. The summed E-state index contributed by atoms with van der Waals surface area (Å²) >= 11 is 0. The molecule has 0 aliphatic carbocycles. The minimum Gasteiger partial charge on any atom is -0.370 e. The van der Waals surface area contributed by atoms with Gasteiger partial charge >= 0.3 is 0 Å². The highest BCUT2D eigenvalue weighted by atomic mass is 15.0. The van der Waals surface area contributed by atoms with Gasteiger partial charge in [-0.05, 0) is 24.6 Å². The van der Waals surface area contributed by atoms with E-state index in [1.165, 1.54) is 0 Å². The molecule has 2 aromatic rings. The molecular formula is C12H14N4. The van der Waals surface area contributed by atoms with Crippen LogP contribution in [0.5, 0.6) is 0 Å². The van der Waals surface area contributed by atoms with Crippen LogP contribution in [-0.2, 0) is 6.54 Å². The van der Waals surface area contributed by atoms with E-state index in [2.05, 4.69) is 9.98 Å². The summed E-state index contributed by atoms with van der Waals surface area (Å²) in [4.78, 5) is 8.48. The average Bonchev–Trinajstić information content (AvgIpc) is 2.25. The van der Waals surface area contributed by atoms with Crippen molar-refractivity contribution in [3.8, 4) is 0 Å². The summed E-state index contributed by atoms with van der Waals surface area (Å²) in [6.45, 7) is 2.46. The largest absolute Gasteiger partial charge is 0.370 e. The number of rotatable bonds is 2. The molecule has 1 aromatic heterocycles. The second-order valence-corrected chi connectivity index (χ2v) is 3.68. The van der Waals surface area contributed by atoms with Gasteiger partial charge in [0.25, 0.3) is 0 Å². The first-order chi connectivity index (χ1) is 7.66. The van der Waals surface area contributed by atoms with Crippen molar-refractivity contribution in [2.45, 2.75) is 13.5 Å². The van der Waals surface area contributed by atoms with Crippen LogP contribution in [0, 0.1) is 6.92 Å². The Bertz CT molecular complexity index is 542. The molecule has 0 atom stereocenters. The molecule has 0 saturated heterocycles. The molecule has 0 aliphatic heterocycles. The molecule has 0 aliphatic rings. The minimum atomic E-state index is 0.110. The van der Waals surface area contributed by atoms with Gasteiger partial charge in [0.15, 0.2) is 5.96 Å². The van der Waals surface area contributed by atoms with Crippen molar-refractivity contribution in [1.29, 1.82) is 0 Å². The Kier molecular flexibility index (Phi) is 2.72. The van der Waals surface area contributed by atoms with Crippen LogP contribution >= 0.6 is 0 Å². The lowest BCUT2D eigenvalue weighted by Gasteiger charge is -2.05. The molecule has 16 heavy (non-hydrogen) atoms. The molecule has 0 fully saturated rings. The molecule has 1 aromatic carbocycles. The van der Waals surface area contributed by atoms with Crippen LogP contribution < -0.4 is 11.5 Å². The van der Waals surface area contributed by atoms with Gasteiger partial charge in [-0.3, -0.25) is 4.98 Å². The minimum absolute atomic E-state index is 0.110. The predicted octanol–water partition coefficient (Wildman–Crippen LogP) is 1.32. The number of nitrogens with zero attached hydrogens (tertiary/aromatic N) is 2. The lowest BCUT2D eigenvalue weighted by atomic mass is 10.1. The van der Waals surface area contributed by atoms with E-state index < -0.39 is 0 Å². The van der Waals surface area contributed by atoms with Crippen molar-refractivity contribution in [3.05, 3.63) is 41.6 Å². The normalized spacial score (nSPS) is 10.3. The topological polar surface area (TPSA) is 77.3 Å². The molecule has 1 heterocycles. The number of benzene rings is 1. The maximum absolute atomic E-state index is 5.33. The Balaban J connectivity index is 2.54. The fourth-order valence-corrected chi connectivity index (χ4v) is 1.70. The Morgan fingerprint density at radius 2 is 2.06 bits per heavy atom. The third kappa shape index (κ3) is 2.11. The summed E-state index contributed by atoms with van der Waals surface area (Å²) in [6.07, 6.45) is 0. The van der Waals surface area contributed by atoms with E-state index in [1.54, 1.807) is 0 Å². The van der Waals surface area contributed by atoms with Crippen LogP contribution in [0.2, 0.25) is 0 Å². The van der Waals surface area contributed by atoms with Gasteiger partial charge in [0, 0.05) is 11.1 Å². The van der Waals surface area contributed by atoms with E-state index in [9.17, 15) is 0 Å². The molecule has 0 unspecified atom stereocenters. The van der Waals surface area contributed by atoms with Gasteiger partial charge in [-0.15, -0.1) is 0 Å². The molecule has 0 amide bonds. The maximum atomic E-state index is 5.33. The zero-order valence-electron chi connectivity index (χ0n) is 9.14. The number of aliphatic imine (C=N–C) groups is 1. The molecule has 2 rings (SSSR count). The molecule has 82 valence electrons. The van der Waals surface area contributed by atoms with Crippen LogP contribution in [0.4, 0.5) is 0 Å². The number of hydrogen-bond donors (Lipinski definition) is 2. The van der Waals surface area contributed by atoms with Gasteiger partial charge in [0.1, 0.15) is 0 Å². The first-order valence-electron chi connectivity index (χ1n) is 5.07. The molecular weight excluding hydrogens is 200 g/mol. The number of hydrogen-bond acceptors (Lipinski definition) is 2. The number of nitrogens with two attached hydrogens (primary N) is 2. The summed E-state index contributed by atoms with van der Waals surface area (Å²) in [5.41, 5.74) is 13.7. The smallest absolute Gasteiger partial charge is 0.186 e. The fourth-order valence-electron chi connectivity index (χ4n) is 1.70. The molecule has 0 bridgehead atoms. The number of pyridine rings is 1. The number of aromatic nitrogens is 1. The third-order valence-corrected chi connectivity index (χ3v) is 2.36. The van der Waals surface area contributed by atoms with Crippen molar-refractivity contribution < 1.29 is 0 Å². The predicted molar refractivity (Wildman–Crippen MR) is 66.0 cm³/mol. The molecule has 0 spiro atoms. The third-order valence-electron chi connectivity index (χ3n) is 2.36. The summed E-state index contributed by atoms with van der Waals surface area (Å²) in [5, 5.41) is 1.10. The first-order valence-corrected chi connectivity index (χ1v) is 5.07. The zero-order valence-corrected chi connectivity index (χ0v) is 9.14. The number of para-hydroxylation sites is 1. The van der Waals surface area contributed by atoms with Crippen LogP contribution in [0.15, 0.2) is 35.3 Å². The lowest BCUT2D eigenvalue weighted by molar-refractivity contribution is 1.05. The van der Waals surface area contributed by atoms with Crippen molar-refractivity contribution >= 4 is 16.9 Å². The number of aryl methyl sites for hydroxylation is 1.